The molecule has 0 amide bonds. The second-order valence-electron chi connectivity index (χ2n) is 3.56. The standard InChI is InChI=1S/C13H9NOS2/c16-13-14-12-10(7-4-8-11(12)17-13)15-9-5-2-1-3-6-9/h1-8H,(H,14,16). The highest BCUT2D eigenvalue weighted by molar-refractivity contribution is 7.73. The van der Waals surface area contributed by atoms with Gasteiger partial charge < -0.3 is 9.72 Å². The molecule has 0 unspecified atom stereocenters. The lowest BCUT2D eigenvalue weighted by Crippen LogP contribution is -1.84. The first-order valence-corrected chi connectivity index (χ1v) is 6.40. The number of aromatic amines is 1. The molecule has 0 aliphatic heterocycles. The van der Waals surface area contributed by atoms with Gasteiger partial charge in [-0.25, -0.2) is 0 Å². The molecule has 0 atom stereocenters. The Morgan fingerprint density at radius 1 is 1.00 bits per heavy atom. The van der Waals surface area contributed by atoms with Crippen LogP contribution >= 0.6 is 23.6 Å². The molecule has 2 aromatic carbocycles. The van der Waals surface area contributed by atoms with Crippen LogP contribution in [0.5, 0.6) is 11.5 Å². The van der Waals surface area contributed by atoms with Gasteiger partial charge in [-0.15, -0.1) is 11.3 Å². The summed E-state index contributed by atoms with van der Waals surface area (Å²) in [7, 11) is 0. The number of aromatic nitrogens is 1. The topological polar surface area (TPSA) is 25.0 Å². The summed E-state index contributed by atoms with van der Waals surface area (Å²) in [5.41, 5.74) is 0.964. The van der Waals surface area contributed by atoms with E-state index in [4.69, 9.17) is 17.0 Å². The van der Waals surface area contributed by atoms with Gasteiger partial charge in [0, 0.05) is 0 Å². The molecule has 0 saturated heterocycles. The normalized spacial score (nSPS) is 10.6. The van der Waals surface area contributed by atoms with E-state index in [9.17, 15) is 0 Å². The van der Waals surface area contributed by atoms with Gasteiger partial charge >= 0.3 is 0 Å². The van der Waals surface area contributed by atoms with E-state index in [1.54, 1.807) is 11.3 Å². The maximum Gasteiger partial charge on any atom is 0.159 e. The van der Waals surface area contributed by atoms with Crippen LogP contribution in [0.3, 0.4) is 0 Å². The molecule has 0 radical (unpaired) electrons. The van der Waals surface area contributed by atoms with Crippen LogP contribution in [-0.4, -0.2) is 4.98 Å². The minimum atomic E-state index is 0.768. The first-order valence-electron chi connectivity index (χ1n) is 5.18. The van der Waals surface area contributed by atoms with Crippen LogP contribution in [0.2, 0.25) is 0 Å². The van der Waals surface area contributed by atoms with Crippen molar-refractivity contribution < 1.29 is 4.74 Å². The molecule has 1 heterocycles. The van der Waals surface area contributed by atoms with Gasteiger partial charge in [0.2, 0.25) is 0 Å². The number of fused-ring (bicyclic) bond motifs is 1. The fourth-order valence-corrected chi connectivity index (χ4v) is 2.77. The zero-order chi connectivity index (χ0) is 11.7. The van der Waals surface area contributed by atoms with Crippen molar-refractivity contribution in [3.05, 3.63) is 52.5 Å². The molecule has 3 aromatic rings. The second kappa shape index (κ2) is 4.31. The lowest BCUT2D eigenvalue weighted by atomic mass is 10.3. The third-order valence-corrected chi connectivity index (χ3v) is 3.59. The van der Waals surface area contributed by atoms with Crippen LogP contribution in [0, 0.1) is 3.95 Å². The number of ether oxygens (including phenoxy) is 1. The molecule has 3 rings (SSSR count). The maximum atomic E-state index is 5.83. The van der Waals surface area contributed by atoms with Gasteiger partial charge in [0.1, 0.15) is 11.3 Å². The number of hydrogen-bond acceptors (Lipinski definition) is 3. The predicted octanol–water partition coefficient (Wildman–Crippen LogP) is 4.75. The molecule has 0 aliphatic rings. The molecular formula is C13H9NOS2. The first-order chi connectivity index (χ1) is 8.33. The Balaban J connectivity index is 2.09. The van der Waals surface area contributed by atoms with Crippen LogP contribution in [0.25, 0.3) is 10.2 Å². The van der Waals surface area contributed by atoms with E-state index in [1.807, 2.05) is 48.5 Å². The molecule has 0 spiro atoms. The maximum absolute atomic E-state index is 5.83. The number of para-hydroxylation sites is 2. The van der Waals surface area contributed by atoms with Crippen LogP contribution < -0.4 is 4.74 Å². The van der Waals surface area contributed by atoms with Crippen molar-refractivity contribution in [2.75, 3.05) is 0 Å². The van der Waals surface area contributed by atoms with Crippen LogP contribution in [0.4, 0.5) is 0 Å². The van der Waals surface area contributed by atoms with Crippen molar-refractivity contribution in [3.63, 3.8) is 0 Å². The smallest absolute Gasteiger partial charge is 0.159 e. The summed E-state index contributed by atoms with van der Waals surface area (Å²) in [6.45, 7) is 0. The van der Waals surface area contributed by atoms with Gasteiger partial charge in [0.15, 0.2) is 9.70 Å². The lowest BCUT2D eigenvalue weighted by molar-refractivity contribution is 0.487. The van der Waals surface area contributed by atoms with E-state index in [-0.39, 0.29) is 0 Å². The van der Waals surface area contributed by atoms with Gasteiger partial charge in [-0.3, -0.25) is 0 Å². The van der Waals surface area contributed by atoms with E-state index in [0.717, 1.165) is 25.7 Å². The average Bonchev–Trinajstić information content (AvgIpc) is 2.72. The van der Waals surface area contributed by atoms with Gasteiger partial charge in [-0.2, -0.15) is 0 Å². The Morgan fingerprint density at radius 2 is 1.82 bits per heavy atom. The Bertz CT molecular complexity index is 700. The Morgan fingerprint density at radius 3 is 2.65 bits per heavy atom. The van der Waals surface area contributed by atoms with Crippen molar-refractivity contribution in [2.24, 2.45) is 0 Å². The molecule has 1 aromatic heterocycles. The lowest BCUT2D eigenvalue weighted by Gasteiger charge is -2.05. The van der Waals surface area contributed by atoms with Crippen molar-refractivity contribution >= 4 is 33.8 Å². The summed E-state index contributed by atoms with van der Waals surface area (Å²) in [5, 5.41) is 0. The van der Waals surface area contributed by atoms with Gasteiger partial charge in [0.25, 0.3) is 0 Å². The Kier molecular flexibility index (Phi) is 2.66. The molecule has 0 saturated carbocycles. The summed E-state index contributed by atoms with van der Waals surface area (Å²) < 4.78 is 7.72. The first kappa shape index (κ1) is 10.5. The zero-order valence-corrected chi connectivity index (χ0v) is 10.5. The zero-order valence-electron chi connectivity index (χ0n) is 8.84. The summed E-state index contributed by atoms with van der Waals surface area (Å²) in [6, 6.07) is 15.7. The minimum Gasteiger partial charge on any atom is -0.455 e. The van der Waals surface area contributed by atoms with Crippen molar-refractivity contribution in [3.8, 4) is 11.5 Å². The number of thiazole rings is 1. The molecule has 1 N–H and O–H groups in total. The molecular weight excluding hydrogens is 250 g/mol. The third kappa shape index (κ3) is 2.09. The van der Waals surface area contributed by atoms with E-state index in [0.29, 0.717) is 0 Å². The average molecular weight is 259 g/mol. The van der Waals surface area contributed by atoms with E-state index in [1.165, 1.54) is 0 Å². The molecule has 2 nitrogen and oxygen atoms in total. The van der Waals surface area contributed by atoms with E-state index in [2.05, 4.69) is 4.98 Å². The minimum absolute atomic E-state index is 0.768. The number of nitrogens with one attached hydrogen (secondary N) is 1. The molecule has 84 valence electrons. The van der Waals surface area contributed by atoms with E-state index < -0.39 is 0 Å². The molecule has 4 heteroatoms. The molecule has 0 bridgehead atoms. The molecule has 0 fully saturated rings. The van der Waals surface area contributed by atoms with Crippen molar-refractivity contribution in [1.29, 1.82) is 0 Å². The summed E-state index contributed by atoms with van der Waals surface area (Å²) in [4.78, 5) is 3.16. The summed E-state index contributed by atoms with van der Waals surface area (Å²) >= 11 is 6.70. The highest BCUT2D eigenvalue weighted by Crippen LogP contribution is 2.31. The SMILES string of the molecule is S=c1[nH]c2c(Oc3ccccc3)cccc2s1. The van der Waals surface area contributed by atoms with Gasteiger partial charge in [0.05, 0.1) is 4.70 Å². The molecule has 17 heavy (non-hydrogen) atoms. The van der Waals surface area contributed by atoms with Crippen molar-refractivity contribution in [2.45, 2.75) is 0 Å². The number of rotatable bonds is 2. The third-order valence-electron chi connectivity index (χ3n) is 2.39. The highest BCUT2D eigenvalue weighted by atomic mass is 32.1. The Labute approximate surface area is 108 Å². The fourth-order valence-electron chi connectivity index (χ4n) is 1.65. The number of benzene rings is 2. The summed E-state index contributed by atoms with van der Waals surface area (Å²) in [5.74, 6) is 1.63. The monoisotopic (exact) mass is 259 g/mol. The van der Waals surface area contributed by atoms with Crippen molar-refractivity contribution in [1.82, 2.24) is 4.98 Å². The van der Waals surface area contributed by atoms with Crippen LogP contribution in [0.1, 0.15) is 0 Å². The number of hydrogen-bond donors (Lipinski definition) is 1. The fraction of sp³-hybridized carbons (Fsp3) is 0. The highest BCUT2D eigenvalue weighted by Gasteiger charge is 2.05. The van der Waals surface area contributed by atoms with Gasteiger partial charge in [-0.1, -0.05) is 24.3 Å². The Hall–Kier alpha value is -1.65. The van der Waals surface area contributed by atoms with Crippen LogP contribution in [-0.2, 0) is 0 Å². The predicted molar refractivity (Wildman–Crippen MR) is 73.5 cm³/mol. The summed E-state index contributed by atoms with van der Waals surface area (Å²) in [6.07, 6.45) is 0. The number of H-pyrrole nitrogens is 1. The van der Waals surface area contributed by atoms with Gasteiger partial charge in [-0.05, 0) is 36.5 Å². The molecule has 0 aliphatic carbocycles. The largest absolute Gasteiger partial charge is 0.455 e. The quantitative estimate of drug-likeness (QED) is 0.672. The van der Waals surface area contributed by atoms with Crippen LogP contribution in [0.15, 0.2) is 48.5 Å². The van der Waals surface area contributed by atoms with E-state index >= 15 is 0 Å². The second-order valence-corrected chi connectivity index (χ2v) is 5.28.